The van der Waals surface area contributed by atoms with Crippen LogP contribution >= 0.6 is 0 Å². The average Bonchev–Trinajstić information content (AvgIpc) is 3.07. The second-order valence-electron chi connectivity index (χ2n) is 11.5. The minimum Gasteiger partial charge on any atom is -0.264 e. The van der Waals surface area contributed by atoms with Gasteiger partial charge in [-0.25, -0.2) is 4.98 Å². The molecule has 1 aliphatic rings. The monoisotopic (exact) mass is 550 g/mol. The van der Waals surface area contributed by atoms with E-state index in [0.29, 0.717) is 5.92 Å². The van der Waals surface area contributed by atoms with Gasteiger partial charge in [-0.15, -0.1) is 0 Å². The van der Waals surface area contributed by atoms with E-state index >= 15 is 0 Å². The Hall–Kier alpha value is -5.34. The van der Waals surface area contributed by atoms with Crippen LogP contribution in [0.3, 0.4) is 0 Å². The first-order chi connectivity index (χ1) is 21.2. The van der Waals surface area contributed by atoms with Crippen LogP contribution in [0.15, 0.2) is 140 Å². The molecule has 2 aromatic heterocycles. The number of benzene rings is 5. The minimum absolute atomic E-state index is 0.561. The van der Waals surface area contributed by atoms with Gasteiger partial charge in [0.1, 0.15) is 0 Å². The van der Waals surface area contributed by atoms with E-state index in [-0.39, 0.29) is 0 Å². The molecule has 1 aliphatic carbocycles. The van der Waals surface area contributed by atoms with Crippen LogP contribution in [0, 0.1) is 5.92 Å². The first kappa shape index (κ1) is 25.4. The van der Waals surface area contributed by atoms with Gasteiger partial charge in [-0.3, -0.25) is 4.98 Å². The lowest BCUT2D eigenvalue weighted by Crippen LogP contribution is -2.03. The molecule has 0 saturated heterocycles. The van der Waals surface area contributed by atoms with E-state index in [9.17, 15) is 0 Å². The molecule has 5 aromatic carbocycles. The van der Waals surface area contributed by atoms with Gasteiger partial charge in [0.2, 0.25) is 0 Å². The Bertz CT molecular complexity index is 2120. The highest BCUT2D eigenvalue weighted by atomic mass is 14.7. The van der Waals surface area contributed by atoms with Crippen molar-refractivity contribution in [3.8, 4) is 44.8 Å². The summed E-state index contributed by atoms with van der Waals surface area (Å²) >= 11 is 0. The molecule has 2 heteroatoms. The number of hydrogen-bond acceptors (Lipinski definition) is 2. The van der Waals surface area contributed by atoms with E-state index in [1.54, 1.807) is 6.20 Å². The maximum absolute atomic E-state index is 5.02. The summed E-state index contributed by atoms with van der Waals surface area (Å²) in [5.41, 5.74) is 11.8. The zero-order valence-corrected chi connectivity index (χ0v) is 24.0. The van der Waals surface area contributed by atoms with Crippen LogP contribution in [-0.2, 0) is 6.42 Å². The average molecular weight is 551 g/mol. The standard InChI is InChI=1S/C41H30N2/c1-27-18-19-28-20-21-31(25-33(28)23-27)41-36-14-4-2-12-34(36)40(35-13-3-5-15-37(35)41)30-10-6-9-29(24-30)38-16-7-17-39(43-38)32-11-8-22-42-26-32/h2-22,24-27H,23H2,1H3. The third-order valence-electron chi connectivity index (χ3n) is 8.66. The Labute approximate surface area is 252 Å². The number of fused-ring (bicyclic) bond motifs is 3. The number of rotatable bonds is 4. The number of hydrogen-bond donors (Lipinski definition) is 0. The molecule has 0 aliphatic heterocycles. The molecule has 0 radical (unpaired) electrons. The SMILES string of the molecule is CC1C=Cc2ccc(-c3c4ccccc4c(-c4cccc(-c5cccc(-c6cccnc6)n5)c4)c4ccccc34)cc2C1. The molecule has 0 spiro atoms. The molecule has 0 bridgehead atoms. The molecule has 43 heavy (non-hydrogen) atoms. The molecule has 0 saturated carbocycles. The van der Waals surface area contributed by atoms with Crippen molar-refractivity contribution < 1.29 is 0 Å². The van der Waals surface area contributed by atoms with Gasteiger partial charge < -0.3 is 0 Å². The van der Waals surface area contributed by atoms with Crippen LogP contribution in [0.5, 0.6) is 0 Å². The molecule has 0 N–H and O–H groups in total. The van der Waals surface area contributed by atoms with Crippen LogP contribution < -0.4 is 0 Å². The predicted molar refractivity (Wildman–Crippen MR) is 181 cm³/mol. The molecule has 1 atom stereocenters. The predicted octanol–water partition coefficient (Wildman–Crippen LogP) is 10.7. The van der Waals surface area contributed by atoms with Gasteiger partial charge in [-0.2, -0.15) is 0 Å². The highest BCUT2D eigenvalue weighted by Gasteiger charge is 2.18. The van der Waals surface area contributed by atoms with Gasteiger partial charge in [0.15, 0.2) is 0 Å². The highest BCUT2D eigenvalue weighted by Crippen LogP contribution is 2.44. The largest absolute Gasteiger partial charge is 0.264 e. The third kappa shape index (κ3) is 4.52. The van der Waals surface area contributed by atoms with E-state index in [4.69, 9.17) is 4.98 Å². The van der Waals surface area contributed by atoms with Crippen LogP contribution in [-0.4, -0.2) is 9.97 Å². The lowest BCUT2D eigenvalue weighted by Gasteiger charge is -2.20. The van der Waals surface area contributed by atoms with E-state index in [1.807, 2.05) is 18.3 Å². The Balaban J connectivity index is 1.33. The fourth-order valence-electron chi connectivity index (χ4n) is 6.64. The zero-order chi connectivity index (χ0) is 28.8. The molecule has 8 rings (SSSR count). The number of nitrogens with zero attached hydrogens (tertiary/aromatic N) is 2. The molecular formula is C41H30N2. The van der Waals surface area contributed by atoms with Gasteiger partial charge in [-0.1, -0.05) is 110 Å². The normalized spacial score (nSPS) is 14.2. The maximum atomic E-state index is 5.02. The Morgan fingerprint density at radius 1 is 0.558 bits per heavy atom. The van der Waals surface area contributed by atoms with Crippen LogP contribution in [0.25, 0.3) is 72.4 Å². The summed E-state index contributed by atoms with van der Waals surface area (Å²) < 4.78 is 0. The summed E-state index contributed by atoms with van der Waals surface area (Å²) in [4.78, 5) is 9.31. The van der Waals surface area contributed by atoms with Crippen molar-refractivity contribution in [2.24, 2.45) is 5.92 Å². The summed E-state index contributed by atoms with van der Waals surface area (Å²) in [6.07, 6.45) is 9.33. The van der Waals surface area contributed by atoms with Crippen molar-refractivity contribution in [2.45, 2.75) is 13.3 Å². The summed E-state index contributed by atoms with van der Waals surface area (Å²) in [5, 5.41) is 5.07. The summed E-state index contributed by atoms with van der Waals surface area (Å²) in [7, 11) is 0. The Kier molecular flexibility index (Phi) is 6.19. The number of allylic oxidation sites excluding steroid dienone is 1. The molecule has 2 nitrogen and oxygen atoms in total. The molecule has 2 heterocycles. The molecule has 0 fully saturated rings. The Morgan fingerprint density at radius 2 is 1.16 bits per heavy atom. The van der Waals surface area contributed by atoms with Crippen LogP contribution in [0.1, 0.15) is 18.1 Å². The summed E-state index contributed by atoms with van der Waals surface area (Å²) in [6, 6.07) is 43.8. The van der Waals surface area contributed by atoms with Gasteiger partial charge in [0.05, 0.1) is 11.4 Å². The fourth-order valence-corrected chi connectivity index (χ4v) is 6.64. The van der Waals surface area contributed by atoms with Gasteiger partial charge >= 0.3 is 0 Å². The van der Waals surface area contributed by atoms with Crippen LogP contribution in [0.4, 0.5) is 0 Å². The molecule has 7 aromatic rings. The third-order valence-corrected chi connectivity index (χ3v) is 8.66. The summed E-state index contributed by atoms with van der Waals surface area (Å²) in [6.45, 7) is 2.30. The smallest absolute Gasteiger partial charge is 0.0725 e. The molecule has 0 amide bonds. The van der Waals surface area contributed by atoms with E-state index in [2.05, 4.69) is 133 Å². The van der Waals surface area contributed by atoms with E-state index < -0.39 is 0 Å². The van der Waals surface area contributed by atoms with Gasteiger partial charge in [-0.05, 0) is 97.6 Å². The second kappa shape index (κ2) is 10.5. The molecule has 204 valence electrons. The van der Waals surface area contributed by atoms with Gasteiger partial charge in [0, 0.05) is 23.5 Å². The van der Waals surface area contributed by atoms with Crippen molar-refractivity contribution in [3.63, 3.8) is 0 Å². The van der Waals surface area contributed by atoms with E-state index in [1.165, 1.54) is 54.9 Å². The fraction of sp³-hybridized carbons (Fsp3) is 0.0732. The summed E-state index contributed by atoms with van der Waals surface area (Å²) in [5.74, 6) is 0.561. The van der Waals surface area contributed by atoms with Crippen molar-refractivity contribution in [1.29, 1.82) is 0 Å². The van der Waals surface area contributed by atoms with E-state index in [0.717, 1.165) is 28.9 Å². The first-order valence-corrected chi connectivity index (χ1v) is 15.0. The lowest BCUT2D eigenvalue weighted by atomic mass is 9.83. The van der Waals surface area contributed by atoms with Crippen molar-refractivity contribution in [2.75, 3.05) is 0 Å². The highest BCUT2D eigenvalue weighted by molar-refractivity contribution is 6.21. The molecule has 1 unspecified atom stereocenters. The second-order valence-corrected chi connectivity index (χ2v) is 11.5. The molecular weight excluding hydrogens is 520 g/mol. The minimum atomic E-state index is 0.561. The van der Waals surface area contributed by atoms with Gasteiger partial charge in [0.25, 0.3) is 0 Å². The van der Waals surface area contributed by atoms with Crippen LogP contribution in [0.2, 0.25) is 0 Å². The Morgan fingerprint density at radius 3 is 1.84 bits per heavy atom. The number of aromatic nitrogens is 2. The lowest BCUT2D eigenvalue weighted by molar-refractivity contribution is 0.717. The van der Waals surface area contributed by atoms with Crippen molar-refractivity contribution in [3.05, 3.63) is 151 Å². The van der Waals surface area contributed by atoms with Crippen molar-refractivity contribution in [1.82, 2.24) is 9.97 Å². The number of pyridine rings is 2. The topological polar surface area (TPSA) is 25.8 Å². The first-order valence-electron chi connectivity index (χ1n) is 15.0. The zero-order valence-electron chi connectivity index (χ0n) is 24.0. The van der Waals surface area contributed by atoms with Crippen molar-refractivity contribution >= 4 is 27.6 Å². The maximum Gasteiger partial charge on any atom is 0.0725 e. The quantitative estimate of drug-likeness (QED) is 0.204.